The molecule has 0 aliphatic rings. The number of aromatic nitrogens is 1. The van der Waals surface area contributed by atoms with Crippen LogP contribution >= 0.6 is 0 Å². The summed E-state index contributed by atoms with van der Waals surface area (Å²) in [5.41, 5.74) is 0. The van der Waals surface area contributed by atoms with Crippen molar-refractivity contribution in [2.24, 2.45) is 5.92 Å². The molecule has 0 aliphatic carbocycles. The zero-order valence-corrected chi connectivity index (χ0v) is 14.7. The van der Waals surface area contributed by atoms with Crippen molar-refractivity contribution < 1.29 is 24.2 Å². The van der Waals surface area contributed by atoms with Crippen LogP contribution in [0.2, 0.25) is 0 Å². The number of ether oxygens (including phenoxy) is 2. The number of carbonyl (C=O) groups is 2. The Morgan fingerprint density at radius 2 is 1.85 bits per heavy atom. The first kappa shape index (κ1) is 19.2. The first-order valence-electron chi connectivity index (χ1n) is 8.33. The zero-order valence-electron chi connectivity index (χ0n) is 14.7. The molecule has 2 rings (SSSR count). The fraction of sp³-hybridized carbons (Fsp3) is 0.316. The Hall–Kier alpha value is -3.09. The summed E-state index contributed by atoms with van der Waals surface area (Å²) in [4.78, 5) is 27.2. The lowest BCUT2D eigenvalue weighted by Crippen LogP contribution is -2.46. The van der Waals surface area contributed by atoms with Gasteiger partial charge < -0.3 is 19.9 Å². The molecule has 0 bridgehead atoms. The number of hydrogen-bond acceptors (Lipinski definition) is 5. The van der Waals surface area contributed by atoms with E-state index in [1.54, 1.807) is 49.5 Å². The maximum atomic E-state index is 11.9. The normalized spacial score (nSPS) is 12.7. The van der Waals surface area contributed by atoms with Crippen LogP contribution in [-0.4, -0.2) is 34.6 Å². The molecule has 0 spiro atoms. The van der Waals surface area contributed by atoms with Crippen LogP contribution in [0.25, 0.3) is 0 Å². The van der Waals surface area contributed by atoms with Gasteiger partial charge in [0.2, 0.25) is 5.88 Å². The molecule has 0 saturated heterocycles. The van der Waals surface area contributed by atoms with Crippen LogP contribution in [0.3, 0.4) is 0 Å². The number of nitrogens with one attached hydrogen (secondary N) is 1. The maximum absolute atomic E-state index is 11.9. The van der Waals surface area contributed by atoms with E-state index in [-0.39, 0.29) is 12.5 Å². The van der Waals surface area contributed by atoms with Gasteiger partial charge in [0.05, 0.1) is 0 Å². The van der Waals surface area contributed by atoms with Crippen molar-refractivity contribution in [2.45, 2.75) is 26.3 Å². The van der Waals surface area contributed by atoms with E-state index >= 15 is 0 Å². The minimum atomic E-state index is -1.05. The molecule has 1 amide bonds. The molecule has 2 unspecified atom stereocenters. The van der Waals surface area contributed by atoms with E-state index in [2.05, 4.69) is 10.3 Å². The number of aliphatic carboxylic acids is 1. The van der Waals surface area contributed by atoms with E-state index < -0.39 is 17.9 Å². The molecule has 0 fully saturated rings. The average molecular weight is 358 g/mol. The molecule has 0 radical (unpaired) electrons. The molecule has 7 nitrogen and oxygen atoms in total. The van der Waals surface area contributed by atoms with Crippen molar-refractivity contribution in [2.75, 3.05) is 6.61 Å². The molecular formula is C19H22N2O5. The molecule has 138 valence electrons. The van der Waals surface area contributed by atoms with E-state index in [4.69, 9.17) is 9.47 Å². The second kappa shape index (κ2) is 9.41. The second-order valence-electron chi connectivity index (χ2n) is 5.80. The Morgan fingerprint density at radius 1 is 1.15 bits per heavy atom. The van der Waals surface area contributed by atoms with Gasteiger partial charge in [0, 0.05) is 12.3 Å². The van der Waals surface area contributed by atoms with E-state index in [0.29, 0.717) is 23.8 Å². The lowest BCUT2D eigenvalue weighted by Gasteiger charge is -2.20. The number of rotatable bonds is 9. The molecule has 1 heterocycles. The van der Waals surface area contributed by atoms with E-state index in [1.165, 1.54) is 0 Å². The van der Waals surface area contributed by atoms with Crippen molar-refractivity contribution >= 4 is 11.9 Å². The molecule has 2 aromatic rings. The fourth-order valence-electron chi connectivity index (χ4n) is 2.18. The van der Waals surface area contributed by atoms with Crippen LogP contribution in [0.1, 0.15) is 20.3 Å². The lowest BCUT2D eigenvalue weighted by molar-refractivity contribution is -0.143. The number of pyridine rings is 1. The third-order valence-corrected chi connectivity index (χ3v) is 3.85. The Morgan fingerprint density at radius 3 is 2.42 bits per heavy atom. The Labute approximate surface area is 152 Å². The van der Waals surface area contributed by atoms with Crippen molar-refractivity contribution in [1.82, 2.24) is 10.3 Å². The monoisotopic (exact) mass is 358 g/mol. The van der Waals surface area contributed by atoms with Gasteiger partial charge in [-0.2, -0.15) is 0 Å². The predicted molar refractivity (Wildman–Crippen MR) is 95.3 cm³/mol. The number of carboxylic acid groups (broad SMARTS) is 1. The number of benzene rings is 1. The highest BCUT2D eigenvalue weighted by Crippen LogP contribution is 2.22. The molecule has 26 heavy (non-hydrogen) atoms. The van der Waals surface area contributed by atoms with Gasteiger partial charge in [-0.15, -0.1) is 0 Å². The van der Waals surface area contributed by atoms with Crippen LogP contribution < -0.4 is 14.8 Å². The number of amides is 1. The van der Waals surface area contributed by atoms with Gasteiger partial charge in [0.15, 0.2) is 6.61 Å². The number of nitrogens with zero attached hydrogens (tertiary/aromatic N) is 1. The van der Waals surface area contributed by atoms with Crippen molar-refractivity contribution in [3.8, 4) is 17.4 Å². The molecule has 2 atom stereocenters. The Balaban J connectivity index is 1.85. The van der Waals surface area contributed by atoms with Crippen LogP contribution in [0.4, 0.5) is 0 Å². The average Bonchev–Trinajstić information content (AvgIpc) is 2.65. The highest BCUT2D eigenvalue weighted by atomic mass is 16.5. The Bertz CT molecular complexity index is 718. The molecule has 1 aromatic carbocycles. The highest BCUT2D eigenvalue weighted by Gasteiger charge is 2.25. The third kappa shape index (κ3) is 5.77. The highest BCUT2D eigenvalue weighted by molar-refractivity contribution is 5.84. The summed E-state index contributed by atoms with van der Waals surface area (Å²) < 4.78 is 11.0. The molecular weight excluding hydrogens is 336 g/mol. The second-order valence-corrected chi connectivity index (χ2v) is 5.80. The predicted octanol–water partition coefficient (Wildman–Crippen LogP) is 2.87. The molecule has 0 saturated carbocycles. The number of carbonyl (C=O) groups excluding carboxylic acids is 1. The lowest BCUT2D eigenvalue weighted by atomic mass is 9.99. The molecule has 7 heteroatoms. The zero-order chi connectivity index (χ0) is 18.9. The minimum absolute atomic E-state index is 0.167. The standard InChI is InChI=1S/C19H22N2O5/c1-3-13(2)18(19(23)24)21-16(22)12-25-14-7-9-15(10-8-14)26-17-6-4-5-11-20-17/h4-11,13,18H,3,12H2,1-2H3,(H,21,22)(H,23,24). The van der Waals surface area contributed by atoms with Gasteiger partial charge >= 0.3 is 5.97 Å². The SMILES string of the molecule is CCC(C)C(NC(=O)COc1ccc(Oc2ccccn2)cc1)C(=O)O. The summed E-state index contributed by atoms with van der Waals surface area (Å²) in [5, 5.41) is 11.7. The summed E-state index contributed by atoms with van der Waals surface area (Å²) in [6, 6.07) is 11.1. The largest absolute Gasteiger partial charge is 0.484 e. The van der Waals surface area contributed by atoms with Gasteiger partial charge in [0.25, 0.3) is 5.91 Å². The number of carboxylic acids is 1. The summed E-state index contributed by atoms with van der Waals surface area (Å²) in [6.45, 7) is 3.39. The smallest absolute Gasteiger partial charge is 0.326 e. The summed E-state index contributed by atoms with van der Waals surface area (Å²) in [6.07, 6.45) is 2.28. The van der Waals surface area contributed by atoms with Crippen LogP contribution in [-0.2, 0) is 9.59 Å². The van der Waals surface area contributed by atoms with Crippen LogP contribution in [0.15, 0.2) is 48.7 Å². The van der Waals surface area contributed by atoms with E-state index in [9.17, 15) is 14.7 Å². The topological polar surface area (TPSA) is 97.8 Å². The molecule has 1 aromatic heterocycles. The van der Waals surface area contributed by atoms with Crippen molar-refractivity contribution in [3.05, 3.63) is 48.7 Å². The summed E-state index contributed by atoms with van der Waals surface area (Å²) in [5.74, 6) is -0.160. The van der Waals surface area contributed by atoms with Gasteiger partial charge in [-0.1, -0.05) is 26.3 Å². The van der Waals surface area contributed by atoms with Crippen molar-refractivity contribution in [3.63, 3.8) is 0 Å². The summed E-state index contributed by atoms with van der Waals surface area (Å²) in [7, 11) is 0. The van der Waals surface area contributed by atoms with Crippen LogP contribution in [0.5, 0.6) is 17.4 Å². The van der Waals surface area contributed by atoms with Crippen LogP contribution in [0, 0.1) is 5.92 Å². The first-order valence-corrected chi connectivity index (χ1v) is 8.33. The molecule has 2 N–H and O–H groups in total. The quantitative estimate of drug-likeness (QED) is 0.715. The van der Waals surface area contributed by atoms with E-state index in [0.717, 1.165) is 0 Å². The molecule has 0 aliphatic heterocycles. The first-order chi connectivity index (χ1) is 12.5. The maximum Gasteiger partial charge on any atom is 0.326 e. The summed E-state index contributed by atoms with van der Waals surface area (Å²) >= 11 is 0. The van der Waals surface area contributed by atoms with E-state index in [1.807, 2.05) is 13.0 Å². The van der Waals surface area contributed by atoms with Gasteiger partial charge in [-0.25, -0.2) is 9.78 Å². The van der Waals surface area contributed by atoms with Gasteiger partial charge in [-0.3, -0.25) is 4.79 Å². The third-order valence-electron chi connectivity index (χ3n) is 3.85. The number of hydrogen-bond donors (Lipinski definition) is 2. The minimum Gasteiger partial charge on any atom is -0.484 e. The van der Waals surface area contributed by atoms with Gasteiger partial charge in [-0.05, 0) is 36.2 Å². The van der Waals surface area contributed by atoms with Crippen molar-refractivity contribution in [1.29, 1.82) is 0 Å². The fourth-order valence-corrected chi connectivity index (χ4v) is 2.18. The van der Waals surface area contributed by atoms with Gasteiger partial charge in [0.1, 0.15) is 17.5 Å². The Kier molecular flexibility index (Phi) is 6.96.